The molecule has 0 aliphatic rings. The number of halogens is 1. The molecule has 6 nitrogen and oxygen atoms in total. The lowest BCUT2D eigenvalue weighted by Gasteiger charge is -2.16. The molecule has 0 aromatic heterocycles. The average molecular weight is 245 g/mol. The number of nitro groups is 1. The van der Waals surface area contributed by atoms with Gasteiger partial charge in [0.15, 0.2) is 0 Å². The molecule has 0 saturated heterocycles. The van der Waals surface area contributed by atoms with Crippen molar-refractivity contribution in [1.29, 1.82) is 0 Å². The van der Waals surface area contributed by atoms with Crippen LogP contribution in [0.25, 0.3) is 0 Å². The molecule has 7 heteroatoms. The normalized spacial score (nSPS) is 9.88. The van der Waals surface area contributed by atoms with Crippen molar-refractivity contribution < 1.29 is 14.8 Å². The number of aliphatic carboxylic acids is 1. The summed E-state index contributed by atoms with van der Waals surface area (Å²) in [7, 11) is 1.46. The molecule has 0 aliphatic heterocycles. The van der Waals surface area contributed by atoms with E-state index in [2.05, 4.69) is 0 Å². The highest BCUT2D eigenvalue weighted by atomic mass is 35.5. The summed E-state index contributed by atoms with van der Waals surface area (Å²) < 4.78 is 0. The van der Waals surface area contributed by atoms with Crippen LogP contribution in [0.3, 0.4) is 0 Å². The molecule has 1 aromatic rings. The third kappa shape index (κ3) is 2.83. The molecule has 0 spiro atoms. The minimum absolute atomic E-state index is 0.212. The first-order chi connectivity index (χ1) is 7.41. The van der Waals surface area contributed by atoms with E-state index < -0.39 is 10.9 Å². The van der Waals surface area contributed by atoms with Gasteiger partial charge in [0.1, 0.15) is 12.2 Å². The fourth-order valence-corrected chi connectivity index (χ4v) is 1.42. The highest BCUT2D eigenvalue weighted by molar-refractivity contribution is 6.30. The SMILES string of the molecule is CN(CC(=O)O)c1ccc(Cl)cc1[N+](=O)[O-]. The van der Waals surface area contributed by atoms with Crippen LogP contribution in [0.15, 0.2) is 18.2 Å². The average Bonchev–Trinajstić information content (AvgIpc) is 2.16. The third-order valence-corrected chi connectivity index (χ3v) is 2.15. The number of nitrogens with zero attached hydrogens (tertiary/aromatic N) is 2. The number of carboxylic acids is 1. The molecular formula is C9H9ClN2O4. The van der Waals surface area contributed by atoms with Gasteiger partial charge in [-0.25, -0.2) is 0 Å². The van der Waals surface area contributed by atoms with Crippen LogP contribution in [0.5, 0.6) is 0 Å². The zero-order valence-electron chi connectivity index (χ0n) is 8.38. The smallest absolute Gasteiger partial charge is 0.323 e. The number of nitro benzene ring substituents is 1. The Balaban J connectivity index is 3.12. The van der Waals surface area contributed by atoms with Gasteiger partial charge in [-0.2, -0.15) is 0 Å². The maximum absolute atomic E-state index is 10.7. The number of hydrogen-bond donors (Lipinski definition) is 1. The van der Waals surface area contributed by atoms with Gasteiger partial charge in [-0.05, 0) is 12.1 Å². The van der Waals surface area contributed by atoms with Crippen LogP contribution in [0, 0.1) is 10.1 Å². The Morgan fingerprint density at radius 1 is 1.62 bits per heavy atom. The van der Waals surface area contributed by atoms with E-state index >= 15 is 0 Å². The van der Waals surface area contributed by atoms with Gasteiger partial charge in [0.2, 0.25) is 0 Å². The summed E-state index contributed by atoms with van der Waals surface area (Å²) in [5, 5.41) is 19.6. The number of hydrogen-bond acceptors (Lipinski definition) is 4. The number of likely N-dealkylation sites (N-methyl/N-ethyl adjacent to an activating group) is 1. The zero-order chi connectivity index (χ0) is 12.3. The fraction of sp³-hybridized carbons (Fsp3) is 0.222. The van der Waals surface area contributed by atoms with Crippen molar-refractivity contribution in [3.05, 3.63) is 33.3 Å². The molecule has 0 amide bonds. The first-order valence-corrected chi connectivity index (χ1v) is 4.66. The number of anilines is 1. The molecule has 0 radical (unpaired) electrons. The predicted octanol–water partition coefficient (Wildman–Crippen LogP) is 1.77. The lowest BCUT2D eigenvalue weighted by Crippen LogP contribution is -2.25. The highest BCUT2D eigenvalue weighted by Gasteiger charge is 2.18. The maximum Gasteiger partial charge on any atom is 0.323 e. The molecule has 0 fully saturated rings. The quantitative estimate of drug-likeness (QED) is 0.645. The number of carboxylic acid groups (broad SMARTS) is 1. The van der Waals surface area contributed by atoms with Crippen LogP contribution in [0.2, 0.25) is 5.02 Å². The minimum atomic E-state index is -1.06. The van der Waals surface area contributed by atoms with Crippen molar-refractivity contribution in [3.8, 4) is 0 Å². The van der Waals surface area contributed by atoms with Gasteiger partial charge in [0, 0.05) is 18.1 Å². The molecule has 0 unspecified atom stereocenters. The van der Waals surface area contributed by atoms with Crippen LogP contribution in [-0.4, -0.2) is 29.6 Å². The van der Waals surface area contributed by atoms with E-state index in [0.717, 1.165) is 0 Å². The van der Waals surface area contributed by atoms with Crippen molar-refractivity contribution in [1.82, 2.24) is 0 Å². The Hall–Kier alpha value is -1.82. The van der Waals surface area contributed by atoms with Gasteiger partial charge in [-0.3, -0.25) is 14.9 Å². The number of rotatable bonds is 4. The first kappa shape index (κ1) is 12.3. The number of benzene rings is 1. The molecule has 1 aromatic carbocycles. The summed E-state index contributed by atoms with van der Waals surface area (Å²) in [5.74, 6) is -1.06. The molecule has 1 N–H and O–H groups in total. The van der Waals surface area contributed by atoms with Gasteiger partial charge in [0.25, 0.3) is 5.69 Å². The molecule has 0 atom stereocenters. The van der Waals surface area contributed by atoms with E-state index in [-0.39, 0.29) is 22.9 Å². The Bertz CT molecular complexity index is 436. The molecule has 16 heavy (non-hydrogen) atoms. The zero-order valence-corrected chi connectivity index (χ0v) is 9.14. The van der Waals surface area contributed by atoms with E-state index in [1.165, 1.54) is 30.1 Å². The molecule has 0 aliphatic carbocycles. The van der Waals surface area contributed by atoms with Gasteiger partial charge in [-0.1, -0.05) is 11.6 Å². The van der Waals surface area contributed by atoms with Crippen LogP contribution in [0.4, 0.5) is 11.4 Å². The van der Waals surface area contributed by atoms with Crippen molar-refractivity contribution in [2.75, 3.05) is 18.5 Å². The largest absolute Gasteiger partial charge is 0.480 e. The molecule has 0 bridgehead atoms. The van der Waals surface area contributed by atoms with E-state index in [4.69, 9.17) is 16.7 Å². The fourth-order valence-electron chi connectivity index (χ4n) is 1.25. The third-order valence-electron chi connectivity index (χ3n) is 1.92. The Labute approximate surface area is 96.2 Å². The second-order valence-electron chi connectivity index (χ2n) is 3.14. The first-order valence-electron chi connectivity index (χ1n) is 4.28. The van der Waals surface area contributed by atoms with Gasteiger partial charge >= 0.3 is 5.97 Å². The Kier molecular flexibility index (Phi) is 3.68. The predicted molar refractivity (Wildman–Crippen MR) is 59.0 cm³/mol. The van der Waals surface area contributed by atoms with Gasteiger partial charge in [0.05, 0.1) is 4.92 Å². The van der Waals surface area contributed by atoms with E-state index in [1.807, 2.05) is 0 Å². The monoisotopic (exact) mass is 244 g/mol. The second-order valence-corrected chi connectivity index (χ2v) is 3.58. The summed E-state index contributed by atoms with van der Waals surface area (Å²) >= 11 is 5.63. The summed E-state index contributed by atoms with van der Waals surface area (Å²) in [6.07, 6.45) is 0. The van der Waals surface area contributed by atoms with Crippen LogP contribution in [-0.2, 0) is 4.79 Å². The van der Waals surface area contributed by atoms with Crippen LogP contribution in [0.1, 0.15) is 0 Å². The van der Waals surface area contributed by atoms with E-state index in [1.54, 1.807) is 0 Å². The Morgan fingerprint density at radius 3 is 2.75 bits per heavy atom. The van der Waals surface area contributed by atoms with Crippen molar-refractivity contribution in [2.24, 2.45) is 0 Å². The Morgan fingerprint density at radius 2 is 2.25 bits per heavy atom. The van der Waals surface area contributed by atoms with E-state index in [0.29, 0.717) is 0 Å². The molecule has 1 rings (SSSR count). The second kappa shape index (κ2) is 4.80. The van der Waals surface area contributed by atoms with Crippen molar-refractivity contribution in [2.45, 2.75) is 0 Å². The topological polar surface area (TPSA) is 83.7 Å². The summed E-state index contributed by atoms with van der Waals surface area (Å²) in [6, 6.07) is 4.08. The number of carbonyl (C=O) groups is 1. The molecule has 0 heterocycles. The standard InChI is InChI=1S/C9H9ClN2O4/c1-11(5-9(13)14)7-3-2-6(10)4-8(7)12(15)16/h2-4H,5H2,1H3,(H,13,14). The van der Waals surface area contributed by atoms with Crippen LogP contribution < -0.4 is 4.90 Å². The van der Waals surface area contributed by atoms with E-state index in [9.17, 15) is 14.9 Å². The molecule has 0 saturated carbocycles. The minimum Gasteiger partial charge on any atom is -0.480 e. The van der Waals surface area contributed by atoms with Gasteiger partial charge < -0.3 is 10.0 Å². The lowest BCUT2D eigenvalue weighted by molar-refractivity contribution is -0.384. The van der Waals surface area contributed by atoms with Gasteiger partial charge in [-0.15, -0.1) is 0 Å². The molecular weight excluding hydrogens is 236 g/mol. The summed E-state index contributed by atoms with van der Waals surface area (Å²) in [4.78, 5) is 21.9. The van der Waals surface area contributed by atoms with Crippen LogP contribution >= 0.6 is 11.6 Å². The highest BCUT2D eigenvalue weighted by Crippen LogP contribution is 2.29. The lowest BCUT2D eigenvalue weighted by atomic mass is 10.2. The summed E-state index contributed by atoms with van der Waals surface area (Å²) in [6.45, 7) is -0.317. The van der Waals surface area contributed by atoms with Crippen molar-refractivity contribution >= 4 is 28.9 Å². The van der Waals surface area contributed by atoms with Crippen molar-refractivity contribution in [3.63, 3.8) is 0 Å². The maximum atomic E-state index is 10.7. The molecule has 86 valence electrons. The summed E-state index contributed by atoms with van der Waals surface area (Å²) in [5.41, 5.74) is 0.00745.